The van der Waals surface area contributed by atoms with Crippen LogP contribution in [0.2, 0.25) is 5.02 Å². The zero-order chi connectivity index (χ0) is 16.7. The molecule has 3 nitrogen and oxygen atoms in total. The molecule has 4 heteroatoms. The van der Waals surface area contributed by atoms with Gasteiger partial charge in [0.15, 0.2) is 0 Å². The minimum absolute atomic E-state index is 0.334. The Hall–Kier alpha value is -2.65. The summed E-state index contributed by atoms with van der Waals surface area (Å²) < 4.78 is 17.3. The third-order valence-electron chi connectivity index (χ3n) is 3.91. The number of halogens is 1. The predicted octanol–water partition coefficient (Wildman–Crippen LogP) is 5.97. The molecule has 1 aromatic heterocycles. The molecule has 0 atom stereocenters. The van der Waals surface area contributed by atoms with E-state index in [0.717, 1.165) is 39.4 Å². The maximum atomic E-state index is 5.99. The molecule has 1 aliphatic heterocycles. The Balaban J connectivity index is 1.54. The van der Waals surface area contributed by atoms with E-state index in [2.05, 4.69) is 6.58 Å². The van der Waals surface area contributed by atoms with Crippen LogP contribution in [0.15, 0.2) is 65.3 Å². The van der Waals surface area contributed by atoms with Gasteiger partial charge in [0.25, 0.3) is 0 Å². The molecule has 3 aromatic rings. The number of furan rings is 1. The summed E-state index contributed by atoms with van der Waals surface area (Å²) in [6, 6.07) is 13.3. The van der Waals surface area contributed by atoms with Crippen LogP contribution in [0.5, 0.6) is 11.5 Å². The normalized spacial score (nSPS) is 13.4. The van der Waals surface area contributed by atoms with E-state index in [1.807, 2.05) is 55.5 Å². The van der Waals surface area contributed by atoms with Crippen molar-refractivity contribution in [3.8, 4) is 11.5 Å². The predicted molar refractivity (Wildman–Crippen MR) is 95.4 cm³/mol. The standard InChI is InChI=1S/C20H15ClO3/c1-12-7-13(2)23-20-10-16(4-5-18(12)20)22-11-17-9-14-8-15(21)3-6-19(14)24-17/h3-10H,2,11H2,1H3. The van der Waals surface area contributed by atoms with E-state index in [1.165, 1.54) is 0 Å². The van der Waals surface area contributed by atoms with Crippen LogP contribution in [-0.4, -0.2) is 0 Å². The van der Waals surface area contributed by atoms with E-state index in [9.17, 15) is 0 Å². The van der Waals surface area contributed by atoms with Gasteiger partial charge in [0, 0.05) is 22.0 Å². The van der Waals surface area contributed by atoms with Crippen LogP contribution in [0.4, 0.5) is 0 Å². The lowest BCUT2D eigenvalue weighted by Gasteiger charge is -2.18. The summed E-state index contributed by atoms with van der Waals surface area (Å²) in [6.07, 6.45) is 1.92. The highest BCUT2D eigenvalue weighted by Gasteiger charge is 2.14. The average Bonchev–Trinajstić information content (AvgIpc) is 2.94. The van der Waals surface area contributed by atoms with Gasteiger partial charge in [-0.05, 0) is 55.0 Å². The lowest BCUT2D eigenvalue weighted by atomic mass is 10.0. The van der Waals surface area contributed by atoms with Crippen molar-refractivity contribution in [3.05, 3.63) is 77.2 Å². The van der Waals surface area contributed by atoms with E-state index in [0.29, 0.717) is 17.4 Å². The van der Waals surface area contributed by atoms with Gasteiger partial charge in [-0.25, -0.2) is 0 Å². The Morgan fingerprint density at radius 3 is 2.88 bits per heavy atom. The highest BCUT2D eigenvalue weighted by atomic mass is 35.5. The molecule has 0 saturated heterocycles. The van der Waals surface area contributed by atoms with Gasteiger partial charge in [0.2, 0.25) is 0 Å². The molecule has 4 rings (SSSR count). The second-order valence-electron chi connectivity index (χ2n) is 5.74. The molecule has 2 heterocycles. The molecule has 0 fully saturated rings. The summed E-state index contributed by atoms with van der Waals surface area (Å²) in [5, 5.41) is 1.65. The molecule has 0 saturated carbocycles. The van der Waals surface area contributed by atoms with Gasteiger partial charge in [-0.1, -0.05) is 18.2 Å². The highest BCUT2D eigenvalue weighted by molar-refractivity contribution is 6.31. The quantitative estimate of drug-likeness (QED) is 0.589. The third kappa shape index (κ3) is 2.79. The van der Waals surface area contributed by atoms with Crippen molar-refractivity contribution < 1.29 is 13.9 Å². The van der Waals surface area contributed by atoms with Crippen molar-refractivity contribution in [2.45, 2.75) is 13.5 Å². The van der Waals surface area contributed by atoms with E-state index in [-0.39, 0.29) is 0 Å². The second-order valence-corrected chi connectivity index (χ2v) is 6.17. The van der Waals surface area contributed by atoms with Crippen molar-refractivity contribution in [3.63, 3.8) is 0 Å². The summed E-state index contributed by atoms with van der Waals surface area (Å²) >= 11 is 5.99. The summed E-state index contributed by atoms with van der Waals surface area (Å²) in [7, 11) is 0. The number of fused-ring (bicyclic) bond motifs is 2. The molecule has 120 valence electrons. The van der Waals surface area contributed by atoms with Crippen LogP contribution >= 0.6 is 11.6 Å². The first-order valence-electron chi connectivity index (χ1n) is 7.59. The largest absolute Gasteiger partial charge is 0.486 e. The minimum atomic E-state index is 0.334. The topological polar surface area (TPSA) is 31.6 Å². The fourth-order valence-electron chi connectivity index (χ4n) is 2.79. The maximum Gasteiger partial charge on any atom is 0.146 e. The molecule has 0 unspecified atom stereocenters. The van der Waals surface area contributed by atoms with Gasteiger partial charge >= 0.3 is 0 Å². The Kier molecular flexibility index (Phi) is 3.58. The highest BCUT2D eigenvalue weighted by Crippen LogP contribution is 2.35. The molecule has 2 aromatic carbocycles. The average molecular weight is 339 g/mol. The number of benzene rings is 2. The Morgan fingerprint density at radius 2 is 2.00 bits per heavy atom. The minimum Gasteiger partial charge on any atom is -0.486 e. The van der Waals surface area contributed by atoms with Gasteiger partial charge in [-0.15, -0.1) is 0 Å². The number of rotatable bonds is 3. The molecular formula is C20H15ClO3. The summed E-state index contributed by atoms with van der Waals surface area (Å²) in [4.78, 5) is 0. The fourth-order valence-corrected chi connectivity index (χ4v) is 2.97. The Bertz CT molecular complexity index is 982. The van der Waals surface area contributed by atoms with E-state index >= 15 is 0 Å². The molecular weight excluding hydrogens is 324 g/mol. The van der Waals surface area contributed by atoms with Crippen LogP contribution in [0.1, 0.15) is 18.2 Å². The molecule has 0 bridgehead atoms. The second kappa shape index (κ2) is 5.77. The number of allylic oxidation sites excluding steroid dienone is 2. The van der Waals surface area contributed by atoms with Crippen LogP contribution in [0, 0.1) is 0 Å². The Labute approximate surface area is 144 Å². The fraction of sp³-hybridized carbons (Fsp3) is 0.100. The van der Waals surface area contributed by atoms with Crippen molar-refractivity contribution in [2.24, 2.45) is 0 Å². The smallest absolute Gasteiger partial charge is 0.146 e. The molecule has 0 radical (unpaired) electrons. The van der Waals surface area contributed by atoms with E-state index < -0.39 is 0 Å². The number of hydrogen-bond acceptors (Lipinski definition) is 3. The van der Waals surface area contributed by atoms with E-state index in [4.69, 9.17) is 25.5 Å². The van der Waals surface area contributed by atoms with Crippen molar-refractivity contribution in [1.29, 1.82) is 0 Å². The maximum absolute atomic E-state index is 5.99. The summed E-state index contributed by atoms with van der Waals surface area (Å²) in [6.45, 7) is 6.22. The monoisotopic (exact) mass is 338 g/mol. The van der Waals surface area contributed by atoms with Crippen molar-refractivity contribution in [1.82, 2.24) is 0 Å². The summed E-state index contributed by atoms with van der Waals surface area (Å²) in [5.41, 5.74) is 2.97. The zero-order valence-electron chi connectivity index (χ0n) is 13.1. The molecule has 0 aliphatic carbocycles. The van der Waals surface area contributed by atoms with Gasteiger partial charge in [-0.2, -0.15) is 0 Å². The van der Waals surface area contributed by atoms with Crippen LogP contribution in [-0.2, 0) is 6.61 Å². The van der Waals surface area contributed by atoms with Gasteiger partial charge in [0.05, 0.1) is 0 Å². The molecule has 0 amide bonds. The van der Waals surface area contributed by atoms with Crippen molar-refractivity contribution >= 4 is 28.1 Å². The third-order valence-corrected chi connectivity index (χ3v) is 4.14. The zero-order valence-corrected chi connectivity index (χ0v) is 13.9. The van der Waals surface area contributed by atoms with Crippen LogP contribution in [0.3, 0.4) is 0 Å². The van der Waals surface area contributed by atoms with Gasteiger partial charge in [0.1, 0.15) is 35.2 Å². The first-order valence-corrected chi connectivity index (χ1v) is 7.96. The van der Waals surface area contributed by atoms with Crippen molar-refractivity contribution in [2.75, 3.05) is 0 Å². The molecule has 1 aliphatic rings. The first kappa shape index (κ1) is 14.9. The lowest BCUT2D eigenvalue weighted by Crippen LogP contribution is -2.02. The summed E-state index contributed by atoms with van der Waals surface area (Å²) in [5.74, 6) is 2.85. The molecule has 0 spiro atoms. The SMILES string of the molecule is C=C1C=C(C)c2ccc(OCc3cc4cc(Cl)ccc4o3)cc2O1. The van der Waals surface area contributed by atoms with E-state index in [1.54, 1.807) is 0 Å². The number of hydrogen-bond donors (Lipinski definition) is 0. The van der Waals surface area contributed by atoms with Crippen LogP contribution < -0.4 is 9.47 Å². The van der Waals surface area contributed by atoms with Crippen LogP contribution in [0.25, 0.3) is 16.5 Å². The van der Waals surface area contributed by atoms with Gasteiger partial charge < -0.3 is 13.9 Å². The first-order chi connectivity index (χ1) is 11.6. The Morgan fingerprint density at radius 1 is 1.12 bits per heavy atom. The molecule has 24 heavy (non-hydrogen) atoms. The number of ether oxygens (including phenoxy) is 2. The lowest BCUT2D eigenvalue weighted by molar-refractivity contribution is 0.273. The molecule has 0 N–H and O–H groups in total. The van der Waals surface area contributed by atoms with Gasteiger partial charge in [-0.3, -0.25) is 0 Å².